The highest BCUT2D eigenvalue weighted by Gasteiger charge is 2.11. The number of rotatable bonds is 4. The molecule has 0 bridgehead atoms. The molecule has 4 radical (unpaired) electrons. The molecule has 0 fully saturated rings. The summed E-state index contributed by atoms with van der Waals surface area (Å²) in [5, 5.41) is 0. The van der Waals surface area contributed by atoms with Crippen LogP contribution in [0.4, 0.5) is 0 Å². The quantitative estimate of drug-likeness (QED) is 0.546. The van der Waals surface area contributed by atoms with Crippen molar-refractivity contribution in [1.29, 1.82) is 0 Å². The summed E-state index contributed by atoms with van der Waals surface area (Å²) in [5.74, 6) is 0. The summed E-state index contributed by atoms with van der Waals surface area (Å²) in [6.07, 6.45) is 0. The van der Waals surface area contributed by atoms with Gasteiger partial charge in [-0.2, -0.15) is 0 Å². The Morgan fingerprint density at radius 3 is 1.47 bits per heavy atom. The van der Waals surface area contributed by atoms with Crippen LogP contribution in [0.5, 0.6) is 0 Å². The summed E-state index contributed by atoms with van der Waals surface area (Å²) >= 11 is 0. The molecule has 0 N–H and O–H groups in total. The van der Waals surface area contributed by atoms with Crippen molar-refractivity contribution in [3.63, 3.8) is 0 Å². The fourth-order valence-corrected chi connectivity index (χ4v) is 1.28. The van der Waals surface area contributed by atoms with Gasteiger partial charge in [0.05, 0.1) is 0 Å². The largest absolute Gasteiger partial charge is 0.382 e. The van der Waals surface area contributed by atoms with Gasteiger partial charge in [-0.15, -0.1) is 6.82 Å². The van der Waals surface area contributed by atoms with Gasteiger partial charge in [-0.25, -0.2) is 0 Å². The lowest BCUT2D eigenvalue weighted by Crippen LogP contribution is -2.21. The van der Waals surface area contributed by atoms with Crippen LogP contribution in [-0.2, 0) is 4.74 Å². The second kappa shape index (κ2) is 21.6. The van der Waals surface area contributed by atoms with Crippen LogP contribution < -0.4 is 0 Å². The molecule has 0 saturated carbocycles. The zero-order valence-corrected chi connectivity index (χ0v) is 14.8. The number of ether oxygens (including phenoxy) is 1. The van der Waals surface area contributed by atoms with E-state index in [4.69, 9.17) is 20.2 Å². The van der Waals surface area contributed by atoms with E-state index >= 15 is 0 Å². The van der Waals surface area contributed by atoms with E-state index < -0.39 is 8.07 Å². The lowest BCUT2D eigenvalue weighted by molar-refractivity contribution is 0.161. The first-order chi connectivity index (χ1) is 7.79. The molecular formula is C12H33B3OSi. The van der Waals surface area contributed by atoms with Crippen molar-refractivity contribution in [2.24, 2.45) is 0 Å². The van der Waals surface area contributed by atoms with E-state index in [0.29, 0.717) is 0 Å². The first-order valence-electron chi connectivity index (χ1n) is 6.88. The molecule has 0 aromatic carbocycles. The Kier molecular flexibility index (Phi) is 33.1. The Labute approximate surface area is 115 Å². The fraction of sp³-hybridized carbons (Fsp3) is 1.00. The molecule has 0 amide bonds. The van der Waals surface area contributed by atoms with Gasteiger partial charge in [-0.3, -0.25) is 0 Å². The second-order valence-corrected chi connectivity index (χ2v) is 9.99. The Morgan fingerprint density at radius 2 is 1.29 bits per heavy atom. The third-order valence-corrected chi connectivity index (χ3v) is 2.90. The SMILES string of the molecule is CC.CC.CCOCC[Si](C)(C)C.[B]B([B])C. The molecule has 0 spiro atoms. The van der Waals surface area contributed by atoms with Gasteiger partial charge in [0.2, 0.25) is 0 Å². The van der Waals surface area contributed by atoms with Gasteiger partial charge in [0.15, 0.2) is 0 Å². The van der Waals surface area contributed by atoms with Gasteiger partial charge in [0, 0.05) is 43.3 Å². The highest BCUT2D eigenvalue weighted by atomic mass is 28.3. The molecule has 1 nitrogen and oxygen atoms in total. The van der Waals surface area contributed by atoms with Crippen molar-refractivity contribution in [3.05, 3.63) is 0 Å². The average molecular weight is 254 g/mol. The first kappa shape index (κ1) is 26.0. The Bertz CT molecular complexity index is 104. The van der Waals surface area contributed by atoms with Gasteiger partial charge >= 0.3 is 0 Å². The smallest absolute Gasteiger partial charge is 0.0466 e. The van der Waals surface area contributed by atoms with E-state index in [2.05, 4.69) is 19.6 Å². The molecule has 0 aliphatic rings. The van der Waals surface area contributed by atoms with Gasteiger partial charge in [0.25, 0.3) is 0 Å². The minimum atomic E-state index is -0.819. The molecule has 0 aliphatic heterocycles. The maximum Gasteiger partial charge on any atom is 0.0466 e. The summed E-state index contributed by atoms with van der Waals surface area (Å²) in [7, 11) is 8.96. The van der Waals surface area contributed by atoms with E-state index in [1.165, 1.54) is 6.04 Å². The van der Waals surface area contributed by atoms with Crippen LogP contribution in [0.25, 0.3) is 0 Å². The summed E-state index contributed by atoms with van der Waals surface area (Å²) in [6.45, 7) is 20.5. The number of hydrogen-bond acceptors (Lipinski definition) is 1. The standard InChI is InChI=1S/C7H18OSi.2C2H6.CH3B3/c1-5-8-6-7-9(2,3)4;2*1-2;1-4(2)3/h5-7H2,1-4H3;2*1-2H3;1H3. The van der Waals surface area contributed by atoms with Crippen LogP contribution in [0.3, 0.4) is 0 Å². The maximum atomic E-state index is 5.24. The van der Waals surface area contributed by atoms with E-state index in [-0.39, 0.29) is 6.49 Å². The summed E-state index contributed by atoms with van der Waals surface area (Å²) < 4.78 is 5.24. The molecule has 0 heterocycles. The van der Waals surface area contributed by atoms with Crippen molar-refractivity contribution in [2.45, 2.75) is 67.1 Å². The van der Waals surface area contributed by atoms with E-state index in [9.17, 15) is 0 Å². The highest BCUT2D eigenvalue weighted by molar-refractivity contribution is 7.28. The minimum absolute atomic E-state index is 0.167. The van der Waals surface area contributed by atoms with E-state index in [0.717, 1.165) is 13.2 Å². The van der Waals surface area contributed by atoms with Crippen molar-refractivity contribution >= 4 is 30.0 Å². The predicted octanol–water partition coefficient (Wildman–Crippen LogP) is 3.85. The first-order valence-corrected chi connectivity index (χ1v) is 10.6. The fourth-order valence-electron chi connectivity index (χ4n) is 0.523. The lowest BCUT2D eigenvalue weighted by Gasteiger charge is -2.14. The van der Waals surface area contributed by atoms with Crippen LogP contribution in [0.15, 0.2) is 0 Å². The summed E-state index contributed by atoms with van der Waals surface area (Å²) in [6, 6.07) is 1.29. The highest BCUT2D eigenvalue weighted by Crippen LogP contribution is 2.06. The van der Waals surface area contributed by atoms with Crippen LogP contribution in [0.2, 0.25) is 32.5 Å². The summed E-state index contributed by atoms with van der Waals surface area (Å²) in [4.78, 5) is 0. The molecule has 17 heavy (non-hydrogen) atoms. The number of hydrogen-bond donors (Lipinski definition) is 0. The van der Waals surface area contributed by atoms with E-state index in [1.807, 2.05) is 34.6 Å². The molecule has 0 aliphatic carbocycles. The molecule has 0 aromatic heterocycles. The van der Waals surface area contributed by atoms with Crippen LogP contribution in [0, 0.1) is 0 Å². The molecule has 0 saturated heterocycles. The molecular weight excluding hydrogens is 221 g/mol. The van der Waals surface area contributed by atoms with Crippen molar-refractivity contribution < 1.29 is 4.74 Å². The topological polar surface area (TPSA) is 9.23 Å². The molecule has 0 rings (SSSR count). The van der Waals surface area contributed by atoms with Crippen molar-refractivity contribution in [2.75, 3.05) is 13.2 Å². The zero-order valence-electron chi connectivity index (χ0n) is 13.8. The predicted molar refractivity (Wildman–Crippen MR) is 90.5 cm³/mol. The minimum Gasteiger partial charge on any atom is -0.382 e. The molecule has 5 heteroatoms. The van der Waals surface area contributed by atoms with Gasteiger partial charge in [0.1, 0.15) is 0 Å². The van der Waals surface area contributed by atoms with Gasteiger partial charge < -0.3 is 4.74 Å². The summed E-state index contributed by atoms with van der Waals surface area (Å²) in [5.41, 5.74) is 0. The molecule has 0 unspecified atom stereocenters. The Hall–Kier alpha value is 0.372. The van der Waals surface area contributed by atoms with Crippen molar-refractivity contribution in [3.8, 4) is 0 Å². The van der Waals surface area contributed by atoms with Gasteiger partial charge in [-0.1, -0.05) is 47.3 Å². The second-order valence-electron chi connectivity index (χ2n) is 4.37. The monoisotopic (exact) mass is 254 g/mol. The zero-order chi connectivity index (χ0) is 14.9. The normalized spacial score (nSPS) is 8.53. The third-order valence-electron chi connectivity index (χ3n) is 1.20. The maximum absolute atomic E-state index is 5.24. The van der Waals surface area contributed by atoms with Crippen LogP contribution in [0.1, 0.15) is 34.6 Å². The molecule has 0 atom stereocenters. The molecule has 100 valence electrons. The molecule has 0 aromatic rings. The Balaban J connectivity index is -0.0000000887. The lowest BCUT2D eigenvalue weighted by atomic mass is 9.21. The van der Waals surface area contributed by atoms with E-state index in [1.54, 1.807) is 6.82 Å². The average Bonchev–Trinajstić information content (AvgIpc) is 2.22. The van der Waals surface area contributed by atoms with Crippen LogP contribution >= 0.6 is 0 Å². The van der Waals surface area contributed by atoms with Crippen LogP contribution in [-0.4, -0.2) is 43.3 Å². The van der Waals surface area contributed by atoms with Crippen molar-refractivity contribution in [1.82, 2.24) is 0 Å². The van der Waals surface area contributed by atoms with Gasteiger partial charge in [-0.05, 0) is 13.0 Å². The third kappa shape index (κ3) is 83.3. The Morgan fingerprint density at radius 1 is 1.00 bits per heavy atom.